The van der Waals surface area contributed by atoms with Gasteiger partial charge >= 0.3 is 0 Å². The lowest BCUT2D eigenvalue weighted by molar-refractivity contribution is -0.909. The second kappa shape index (κ2) is 7.04. The van der Waals surface area contributed by atoms with Crippen molar-refractivity contribution in [3.05, 3.63) is 29.3 Å². The molecule has 0 saturated carbocycles. The monoisotopic (exact) mass is 292 g/mol. The van der Waals surface area contributed by atoms with Gasteiger partial charge in [-0.05, 0) is 50.2 Å². The van der Waals surface area contributed by atoms with Crippen LogP contribution in [-0.4, -0.2) is 30.8 Å². The minimum Gasteiger partial charge on any atom is -0.356 e. The van der Waals surface area contributed by atoms with E-state index < -0.39 is 0 Å². The lowest BCUT2D eigenvalue weighted by atomic mass is 10.1. The fourth-order valence-corrected chi connectivity index (χ4v) is 3.16. The van der Waals surface area contributed by atoms with Gasteiger partial charge in [0, 0.05) is 18.5 Å². The molecule has 3 N–H and O–H groups in total. The van der Waals surface area contributed by atoms with E-state index in [0.717, 1.165) is 17.3 Å². The van der Waals surface area contributed by atoms with Crippen LogP contribution in [0.3, 0.4) is 0 Å². The number of hydrogen-bond donors (Lipinski definition) is 3. The Hall–Kier alpha value is -1.13. The van der Waals surface area contributed by atoms with Gasteiger partial charge in [-0.25, -0.2) is 0 Å². The fourth-order valence-electron chi connectivity index (χ4n) is 2.96. The molecule has 0 spiro atoms. The van der Waals surface area contributed by atoms with Crippen LogP contribution in [0, 0.1) is 13.8 Å². The van der Waals surface area contributed by atoms with Gasteiger partial charge in [-0.1, -0.05) is 12.1 Å². The quantitative estimate of drug-likeness (QED) is 0.737. The van der Waals surface area contributed by atoms with Gasteiger partial charge in [0.1, 0.15) is 6.04 Å². The molecule has 1 aliphatic rings. The Morgan fingerprint density at radius 3 is 2.95 bits per heavy atom. The summed E-state index contributed by atoms with van der Waals surface area (Å²) in [6, 6.07) is 6.97. The molecular weight excluding hydrogens is 266 g/mol. The number of likely N-dealkylation sites (N-methyl/N-ethyl adjacent to an activating group) is 1. The van der Waals surface area contributed by atoms with Crippen LogP contribution in [-0.2, 0) is 0 Å². The average molecular weight is 292 g/mol. The summed E-state index contributed by atoms with van der Waals surface area (Å²) in [7, 11) is 0. The normalized spacial score (nSPS) is 21.8. The van der Waals surface area contributed by atoms with E-state index in [0.29, 0.717) is 6.04 Å². The Morgan fingerprint density at radius 2 is 2.20 bits per heavy atom. The average Bonchev–Trinajstić information content (AvgIpc) is 2.89. The molecule has 110 valence electrons. The highest BCUT2D eigenvalue weighted by atomic mass is 32.1. The van der Waals surface area contributed by atoms with Gasteiger partial charge in [-0.15, -0.1) is 0 Å². The van der Waals surface area contributed by atoms with Gasteiger partial charge in [0.15, 0.2) is 5.11 Å². The van der Waals surface area contributed by atoms with Crippen LogP contribution in [0.5, 0.6) is 0 Å². The molecule has 0 amide bonds. The van der Waals surface area contributed by atoms with Crippen molar-refractivity contribution < 1.29 is 4.90 Å². The van der Waals surface area contributed by atoms with Gasteiger partial charge in [-0.3, -0.25) is 0 Å². The summed E-state index contributed by atoms with van der Waals surface area (Å²) in [5, 5.41) is 7.44. The highest BCUT2D eigenvalue weighted by Crippen LogP contribution is 2.17. The lowest BCUT2D eigenvalue weighted by Crippen LogP contribution is -3.14. The number of aryl methyl sites for hydroxylation is 1. The van der Waals surface area contributed by atoms with Crippen LogP contribution in [0.1, 0.15) is 30.9 Å². The number of hydrogen-bond acceptors (Lipinski definition) is 1. The number of likely N-dealkylation sites (tertiary alicyclic amines) is 1. The van der Waals surface area contributed by atoms with Crippen molar-refractivity contribution in [2.75, 3.05) is 25.0 Å². The van der Waals surface area contributed by atoms with E-state index in [4.69, 9.17) is 12.2 Å². The first-order chi connectivity index (χ1) is 9.61. The van der Waals surface area contributed by atoms with Crippen molar-refractivity contribution in [2.45, 2.75) is 39.7 Å². The van der Waals surface area contributed by atoms with Gasteiger partial charge in [-0.2, -0.15) is 0 Å². The Morgan fingerprint density at radius 1 is 1.40 bits per heavy atom. The maximum atomic E-state index is 5.42. The molecule has 1 aliphatic heterocycles. The Kier molecular flexibility index (Phi) is 5.38. The molecule has 1 aromatic rings. The van der Waals surface area contributed by atoms with Crippen molar-refractivity contribution in [1.82, 2.24) is 5.32 Å². The predicted molar refractivity (Wildman–Crippen MR) is 89.5 cm³/mol. The molecule has 1 fully saturated rings. The van der Waals surface area contributed by atoms with Crippen LogP contribution in [0.25, 0.3) is 0 Å². The molecule has 1 saturated heterocycles. The van der Waals surface area contributed by atoms with E-state index in [1.807, 2.05) is 0 Å². The molecule has 2 atom stereocenters. The Labute approximate surface area is 127 Å². The number of thiocarbonyl (C=S) groups is 1. The first-order valence-electron chi connectivity index (χ1n) is 7.57. The minimum absolute atomic E-state index is 0.707. The molecule has 1 heterocycles. The van der Waals surface area contributed by atoms with E-state index in [1.165, 1.54) is 37.1 Å². The summed E-state index contributed by atoms with van der Waals surface area (Å²) >= 11 is 5.42. The molecule has 2 rings (SSSR count). The van der Waals surface area contributed by atoms with E-state index in [-0.39, 0.29) is 0 Å². The summed E-state index contributed by atoms with van der Waals surface area (Å²) in [5.74, 6) is 0. The molecule has 0 bridgehead atoms. The zero-order chi connectivity index (χ0) is 14.5. The largest absolute Gasteiger partial charge is 0.356 e. The minimum atomic E-state index is 0.707. The summed E-state index contributed by atoms with van der Waals surface area (Å²) in [5.41, 5.74) is 3.65. The van der Waals surface area contributed by atoms with Crippen molar-refractivity contribution in [3.63, 3.8) is 0 Å². The predicted octanol–water partition coefficient (Wildman–Crippen LogP) is 1.66. The number of nitrogens with one attached hydrogen (secondary N) is 3. The molecule has 20 heavy (non-hydrogen) atoms. The zero-order valence-electron chi connectivity index (χ0n) is 12.8. The second-order valence-corrected chi connectivity index (χ2v) is 6.09. The standard InChI is InChI=1S/C16H25N3S/c1-4-19-10-6-8-14(19)11-17-16(20)18-15-9-5-7-12(2)13(15)3/h5,7,9,14H,4,6,8,10-11H2,1-3H3,(H2,17,18,20)/p+1/t14-/m1/s1. The van der Waals surface area contributed by atoms with E-state index in [9.17, 15) is 0 Å². The van der Waals surface area contributed by atoms with Crippen LogP contribution < -0.4 is 15.5 Å². The third kappa shape index (κ3) is 3.70. The molecule has 0 aromatic heterocycles. The summed E-state index contributed by atoms with van der Waals surface area (Å²) < 4.78 is 0. The van der Waals surface area contributed by atoms with Gasteiger partial charge in [0.2, 0.25) is 0 Å². The maximum Gasteiger partial charge on any atom is 0.171 e. The molecular formula is C16H26N3S+. The van der Waals surface area contributed by atoms with Crippen molar-refractivity contribution >= 4 is 23.0 Å². The van der Waals surface area contributed by atoms with E-state index in [2.05, 4.69) is 49.6 Å². The lowest BCUT2D eigenvalue weighted by Gasteiger charge is -2.21. The highest BCUT2D eigenvalue weighted by Gasteiger charge is 2.26. The SMILES string of the molecule is CC[NH+]1CCC[C@@H]1CNC(=S)Nc1cccc(C)c1C. The van der Waals surface area contributed by atoms with Crippen molar-refractivity contribution in [3.8, 4) is 0 Å². The maximum absolute atomic E-state index is 5.42. The zero-order valence-corrected chi connectivity index (χ0v) is 13.6. The molecule has 4 heteroatoms. The summed E-state index contributed by atoms with van der Waals surface area (Å²) in [6.07, 6.45) is 2.65. The Bertz CT molecular complexity index is 473. The van der Waals surface area contributed by atoms with Crippen LogP contribution in [0.15, 0.2) is 18.2 Å². The molecule has 1 aromatic carbocycles. The number of anilines is 1. The number of benzene rings is 1. The third-order valence-corrected chi connectivity index (χ3v) is 4.69. The fraction of sp³-hybridized carbons (Fsp3) is 0.562. The smallest absolute Gasteiger partial charge is 0.171 e. The molecule has 0 radical (unpaired) electrons. The Balaban J connectivity index is 1.85. The third-order valence-electron chi connectivity index (χ3n) is 4.44. The van der Waals surface area contributed by atoms with Crippen molar-refractivity contribution in [2.24, 2.45) is 0 Å². The molecule has 0 aliphatic carbocycles. The second-order valence-electron chi connectivity index (χ2n) is 5.68. The number of rotatable bonds is 4. The van der Waals surface area contributed by atoms with Crippen LogP contribution >= 0.6 is 12.2 Å². The van der Waals surface area contributed by atoms with Crippen LogP contribution in [0.2, 0.25) is 0 Å². The van der Waals surface area contributed by atoms with E-state index >= 15 is 0 Å². The van der Waals surface area contributed by atoms with Gasteiger partial charge < -0.3 is 15.5 Å². The summed E-state index contributed by atoms with van der Waals surface area (Å²) in [6.45, 7) is 10.0. The van der Waals surface area contributed by atoms with Crippen molar-refractivity contribution in [1.29, 1.82) is 0 Å². The number of quaternary nitrogens is 1. The van der Waals surface area contributed by atoms with E-state index in [1.54, 1.807) is 4.90 Å². The first kappa shape index (κ1) is 15.3. The van der Waals surface area contributed by atoms with Crippen LogP contribution in [0.4, 0.5) is 5.69 Å². The highest BCUT2D eigenvalue weighted by molar-refractivity contribution is 7.80. The summed E-state index contributed by atoms with van der Waals surface area (Å²) in [4.78, 5) is 1.70. The first-order valence-corrected chi connectivity index (χ1v) is 7.98. The van der Waals surface area contributed by atoms with Gasteiger partial charge in [0.05, 0.1) is 19.6 Å². The topological polar surface area (TPSA) is 28.5 Å². The van der Waals surface area contributed by atoms with Gasteiger partial charge in [0.25, 0.3) is 0 Å². The molecule has 1 unspecified atom stereocenters. The molecule has 3 nitrogen and oxygen atoms in total.